The zero-order valence-corrected chi connectivity index (χ0v) is 10.8. The summed E-state index contributed by atoms with van der Waals surface area (Å²) in [5, 5.41) is 0. The molecule has 1 heteroatoms. The van der Waals surface area contributed by atoms with E-state index < -0.39 is 0 Å². The molecule has 0 aromatic heterocycles. The molecule has 1 atom stereocenters. The first-order valence-corrected chi connectivity index (χ1v) is 7.75. The first-order chi connectivity index (χ1) is 7.30. The molecule has 0 heterocycles. The Kier molecular flexibility index (Phi) is 3.46. The molecule has 0 bridgehead atoms. The molecular formula is C14H21P. The summed E-state index contributed by atoms with van der Waals surface area (Å²) < 4.78 is 0. The molecule has 0 N–H and O–H groups in total. The molecule has 1 aliphatic rings. The van der Waals surface area contributed by atoms with Crippen LogP contribution in [0.1, 0.15) is 37.3 Å². The Bertz CT molecular complexity index is 309. The molecule has 0 nitrogen and oxygen atoms in total. The summed E-state index contributed by atoms with van der Waals surface area (Å²) in [6.07, 6.45) is 6.72. The number of aryl methyl sites for hydroxylation is 1. The van der Waals surface area contributed by atoms with Gasteiger partial charge in [-0.2, -0.15) is 0 Å². The Morgan fingerprint density at radius 2 is 1.87 bits per heavy atom. The van der Waals surface area contributed by atoms with E-state index in [1.165, 1.54) is 37.4 Å². The van der Waals surface area contributed by atoms with Gasteiger partial charge >= 0.3 is 0 Å². The lowest BCUT2D eigenvalue weighted by Crippen LogP contribution is -2.04. The minimum Gasteiger partial charge on any atom is -0.125 e. The molecule has 1 aromatic rings. The van der Waals surface area contributed by atoms with E-state index in [1.807, 2.05) is 0 Å². The van der Waals surface area contributed by atoms with Crippen molar-refractivity contribution in [2.75, 3.05) is 12.8 Å². The van der Waals surface area contributed by atoms with Crippen LogP contribution in [0.3, 0.4) is 0 Å². The SMILES string of the molecule is CCC1(c2ccc(CCPC)cc2)CC1. The van der Waals surface area contributed by atoms with Crippen molar-refractivity contribution in [2.45, 2.75) is 38.0 Å². The quantitative estimate of drug-likeness (QED) is 0.658. The summed E-state index contributed by atoms with van der Waals surface area (Å²) in [7, 11) is 1.08. The fourth-order valence-electron chi connectivity index (χ4n) is 2.29. The van der Waals surface area contributed by atoms with Crippen molar-refractivity contribution in [1.29, 1.82) is 0 Å². The van der Waals surface area contributed by atoms with Gasteiger partial charge in [0.25, 0.3) is 0 Å². The molecule has 1 unspecified atom stereocenters. The van der Waals surface area contributed by atoms with E-state index in [0.717, 1.165) is 8.58 Å². The van der Waals surface area contributed by atoms with Crippen LogP contribution < -0.4 is 0 Å². The topological polar surface area (TPSA) is 0 Å². The van der Waals surface area contributed by atoms with Crippen molar-refractivity contribution in [2.24, 2.45) is 0 Å². The van der Waals surface area contributed by atoms with Crippen molar-refractivity contribution in [3.8, 4) is 0 Å². The molecule has 0 radical (unpaired) electrons. The summed E-state index contributed by atoms with van der Waals surface area (Å²) in [6.45, 7) is 4.60. The second kappa shape index (κ2) is 4.66. The van der Waals surface area contributed by atoms with Gasteiger partial charge in [0.2, 0.25) is 0 Å². The fourth-order valence-corrected chi connectivity index (χ4v) is 2.83. The van der Waals surface area contributed by atoms with Gasteiger partial charge in [0.15, 0.2) is 0 Å². The summed E-state index contributed by atoms with van der Waals surface area (Å²) in [4.78, 5) is 0. The summed E-state index contributed by atoms with van der Waals surface area (Å²) in [5.74, 6) is 0. The molecule has 1 aliphatic carbocycles. The van der Waals surface area contributed by atoms with Crippen LogP contribution in [0.5, 0.6) is 0 Å². The van der Waals surface area contributed by atoms with Crippen molar-refractivity contribution < 1.29 is 0 Å². The van der Waals surface area contributed by atoms with Crippen LogP contribution in [0.25, 0.3) is 0 Å². The van der Waals surface area contributed by atoms with Gasteiger partial charge in [-0.05, 0) is 55.1 Å². The highest BCUT2D eigenvalue weighted by Gasteiger charge is 2.41. The van der Waals surface area contributed by atoms with Crippen molar-refractivity contribution in [1.82, 2.24) is 0 Å². The predicted octanol–water partition coefficient (Wildman–Crippen LogP) is 3.98. The van der Waals surface area contributed by atoms with Crippen molar-refractivity contribution in [3.63, 3.8) is 0 Å². The Morgan fingerprint density at radius 1 is 1.20 bits per heavy atom. The average Bonchev–Trinajstić information content (AvgIpc) is 3.08. The third-order valence-electron chi connectivity index (χ3n) is 3.76. The maximum atomic E-state index is 2.37. The lowest BCUT2D eigenvalue weighted by molar-refractivity contribution is 0.664. The van der Waals surface area contributed by atoms with E-state index in [4.69, 9.17) is 0 Å². The number of hydrogen-bond acceptors (Lipinski definition) is 0. The van der Waals surface area contributed by atoms with Crippen LogP contribution in [0.2, 0.25) is 0 Å². The summed E-state index contributed by atoms with van der Waals surface area (Å²) >= 11 is 0. The Morgan fingerprint density at radius 3 is 2.33 bits per heavy atom. The molecule has 0 spiro atoms. The second-order valence-corrected chi connectivity index (χ2v) is 5.89. The first-order valence-electron chi connectivity index (χ1n) is 6.05. The third-order valence-corrected chi connectivity index (χ3v) is 4.51. The van der Waals surface area contributed by atoms with Gasteiger partial charge in [-0.15, -0.1) is 8.58 Å². The molecule has 1 fully saturated rings. The average molecular weight is 220 g/mol. The monoisotopic (exact) mass is 220 g/mol. The van der Waals surface area contributed by atoms with Gasteiger partial charge in [-0.25, -0.2) is 0 Å². The summed E-state index contributed by atoms with van der Waals surface area (Å²) in [6, 6.07) is 9.41. The fraction of sp³-hybridized carbons (Fsp3) is 0.571. The normalized spacial score (nSPS) is 18.5. The Balaban J connectivity index is 2.04. The summed E-state index contributed by atoms with van der Waals surface area (Å²) in [5.41, 5.74) is 3.66. The van der Waals surface area contributed by atoms with E-state index in [0.29, 0.717) is 5.41 Å². The van der Waals surface area contributed by atoms with Crippen LogP contribution in [0.4, 0.5) is 0 Å². The van der Waals surface area contributed by atoms with Crippen molar-refractivity contribution >= 4 is 8.58 Å². The zero-order valence-electron chi connectivity index (χ0n) is 9.84. The van der Waals surface area contributed by atoms with E-state index in [9.17, 15) is 0 Å². The van der Waals surface area contributed by atoms with E-state index >= 15 is 0 Å². The minimum absolute atomic E-state index is 0.574. The Labute approximate surface area is 95.3 Å². The van der Waals surface area contributed by atoms with E-state index in [1.54, 1.807) is 5.56 Å². The van der Waals surface area contributed by atoms with Crippen molar-refractivity contribution in [3.05, 3.63) is 35.4 Å². The molecule has 0 amide bonds. The van der Waals surface area contributed by atoms with E-state index in [-0.39, 0.29) is 0 Å². The first kappa shape index (κ1) is 11.1. The number of hydrogen-bond donors (Lipinski definition) is 0. The largest absolute Gasteiger partial charge is 0.125 e. The van der Waals surface area contributed by atoms with Gasteiger partial charge in [-0.3, -0.25) is 0 Å². The zero-order chi connectivity index (χ0) is 10.7. The molecule has 15 heavy (non-hydrogen) atoms. The third kappa shape index (κ3) is 2.42. The highest BCUT2D eigenvalue weighted by atomic mass is 31.1. The lowest BCUT2D eigenvalue weighted by atomic mass is 9.92. The Hall–Kier alpha value is -0.350. The molecule has 1 saturated carbocycles. The molecule has 0 aliphatic heterocycles. The standard InChI is InChI=1S/C14H21P/c1-3-14(9-10-14)13-6-4-12(5-7-13)8-11-15-2/h4-7,15H,3,8-11H2,1-2H3. The smallest absolute Gasteiger partial charge is 0.00489 e. The molecule has 0 saturated heterocycles. The maximum Gasteiger partial charge on any atom is -0.00489 e. The molecular weight excluding hydrogens is 199 g/mol. The van der Waals surface area contributed by atoms with Crippen LogP contribution in [0, 0.1) is 0 Å². The van der Waals surface area contributed by atoms with Gasteiger partial charge in [-0.1, -0.05) is 31.2 Å². The van der Waals surface area contributed by atoms with Gasteiger partial charge in [0, 0.05) is 0 Å². The lowest BCUT2D eigenvalue weighted by Gasteiger charge is -2.13. The predicted molar refractivity (Wildman–Crippen MR) is 70.5 cm³/mol. The van der Waals surface area contributed by atoms with Crippen LogP contribution >= 0.6 is 8.58 Å². The molecule has 82 valence electrons. The molecule has 1 aromatic carbocycles. The second-order valence-electron chi connectivity index (χ2n) is 4.68. The highest BCUT2D eigenvalue weighted by molar-refractivity contribution is 7.36. The van der Waals surface area contributed by atoms with E-state index in [2.05, 4.69) is 37.9 Å². The van der Waals surface area contributed by atoms with Gasteiger partial charge in [0.05, 0.1) is 0 Å². The van der Waals surface area contributed by atoms with Crippen LogP contribution in [0.15, 0.2) is 24.3 Å². The number of rotatable bonds is 5. The maximum absolute atomic E-state index is 2.37. The van der Waals surface area contributed by atoms with Crippen LogP contribution in [-0.4, -0.2) is 12.8 Å². The minimum atomic E-state index is 0.574. The number of benzene rings is 1. The van der Waals surface area contributed by atoms with Crippen LogP contribution in [-0.2, 0) is 11.8 Å². The van der Waals surface area contributed by atoms with Gasteiger partial charge in [0.1, 0.15) is 0 Å². The molecule has 2 rings (SSSR count). The van der Waals surface area contributed by atoms with Gasteiger partial charge < -0.3 is 0 Å². The highest BCUT2D eigenvalue weighted by Crippen LogP contribution is 2.50.